The standard InChI is InChI=1S/C22H30N2O3S/c1-7-21(19-12-11-16(3)17(4)14-19)23-22(25)18(5)24(28(6,26)27)20-10-8-9-15(2)13-20/h8-14,18,21H,7H2,1-6H3,(H,23,25)/t18-,21+/m0/s1. The summed E-state index contributed by atoms with van der Waals surface area (Å²) in [5.41, 5.74) is 4.80. The van der Waals surface area contributed by atoms with Gasteiger partial charge in [0.25, 0.3) is 0 Å². The lowest BCUT2D eigenvalue weighted by atomic mass is 9.99. The molecule has 1 amide bonds. The Morgan fingerprint density at radius 2 is 1.75 bits per heavy atom. The van der Waals surface area contributed by atoms with Crippen LogP contribution in [0.2, 0.25) is 0 Å². The molecule has 0 unspecified atom stereocenters. The smallest absolute Gasteiger partial charge is 0.244 e. The van der Waals surface area contributed by atoms with Gasteiger partial charge in [0, 0.05) is 0 Å². The molecule has 0 aliphatic rings. The van der Waals surface area contributed by atoms with Crippen LogP contribution in [0.25, 0.3) is 0 Å². The lowest BCUT2D eigenvalue weighted by molar-refractivity contribution is -0.122. The Bertz CT molecular complexity index is 954. The Balaban J connectivity index is 2.30. The zero-order valence-electron chi connectivity index (χ0n) is 17.5. The van der Waals surface area contributed by atoms with E-state index >= 15 is 0 Å². The van der Waals surface area contributed by atoms with Gasteiger partial charge in [0.1, 0.15) is 6.04 Å². The second-order valence-corrected chi connectivity index (χ2v) is 9.25. The zero-order valence-corrected chi connectivity index (χ0v) is 18.3. The summed E-state index contributed by atoms with van der Waals surface area (Å²) in [7, 11) is -3.63. The quantitative estimate of drug-likeness (QED) is 0.760. The Hall–Kier alpha value is -2.34. The van der Waals surface area contributed by atoms with E-state index in [1.807, 2.05) is 45.9 Å². The number of carbonyl (C=O) groups is 1. The van der Waals surface area contributed by atoms with E-state index in [1.165, 1.54) is 9.87 Å². The van der Waals surface area contributed by atoms with Gasteiger partial charge in [-0.3, -0.25) is 9.10 Å². The molecule has 6 heteroatoms. The van der Waals surface area contributed by atoms with Gasteiger partial charge in [0.15, 0.2) is 0 Å². The number of anilines is 1. The van der Waals surface area contributed by atoms with Gasteiger partial charge < -0.3 is 5.32 Å². The molecule has 0 radical (unpaired) electrons. The van der Waals surface area contributed by atoms with Crippen LogP contribution in [0.15, 0.2) is 42.5 Å². The Labute approximate surface area is 168 Å². The Kier molecular flexibility index (Phi) is 6.88. The SMILES string of the molecule is CC[C@@H](NC(=O)[C@H](C)N(c1cccc(C)c1)S(C)(=O)=O)c1ccc(C)c(C)c1. The monoisotopic (exact) mass is 402 g/mol. The largest absolute Gasteiger partial charge is 0.347 e. The van der Waals surface area contributed by atoms with E-state index < -0.39 is 16.1 Å². The molecule has 1 N–H and O–H groups in total. The molecule has 0 heterocycles. The van der Waals surface area contributed by atoms with Crippen LogP contribution >= 0.6 is 0 Å². The normalized spacial score (nSPS) is 13.6. The van der Waals surface area contributed by atoms with Crippen LogP contribution in [0.5, 0.6) is 0 Å². The average molecular weight is 403 g/mol. The molecule has 0 saturated heterocycles. The minimum atomic E-state index is -3.63. The number of benzene rings is 2. The molecule has 0 aliphatic heterocycles. The van der Waals surface area contributed by atoms with Crippen molar-refractivity contribution in [3.05, 3.63) is 64.7 Å². The fraction of sp³-hybridized carbons (Fsp3) is 0.409. The van der Waals surface area contributed by atoms with E-state index in [0.29, 0.717) is 12.1 Å². The van der Waals surface area contributed by atoms with E-state index in [0.717, 1.165) is 22.9 Å². The molecule has 2 rings (SSSR count). The second-order valence-electron chi connectivity index (χ2n) is 7.39. The highest BCUT2D eigenvalue weighted by Crippen LogP contribution is 2.24. The molecule has 5 nitrogen and oxygen atoms in total. The van der Waals surface area contributed by atoms with Crippen molar-refractivity contribution in [3.8, 4) is 0 Å². The summed E-state index contributed by atoms with van der Waals surface area (Å²) in [6.45, 7) is 9.60. The molecular weight excluding hydrogens is 372 g/mol. The van der Waals surface area contributed by atoms with E-state index in [4.69, 9.17) is 0 Å². The van der Waals surface area contributed by atoms with E-state index in [-0.39, 0.29) is 11.9 Å². The fourth-order valence-corrected chi connectivity index (χ4v) is 4.44. The highest BCUT2D eigenvalue weighted by atomic mass is 32.2. The van der Waals surface area contributed by atoms with E-state index in [2.05, 4.69) is 11.4 Å². The number of nitrogens with one attached hydrogen (secondary N) is 1. The van der Waals surface area contributed by atoms with Crippen molar-refractivity contribution in [2.24, 2.45) is 0 Å². The van der Waals surface area contributed by atoms with Crippen molar-refractivity contribution in [1.29, 1.82) is 0 Å². The number of hydrogen-bond acceptors (Lipinski definition) is 3. The van der Waals surface area contributed by atoms with Crippen LogP contribution in [0, 0.1) is 20.8 Å². The van der Waals surface area contributed by atoms with Gasteiger partial charge in [-0.1, -0.05) is 37.3 Å². The molecule has 2 aromatic rings. The first-order chi connectivity index (χ1) is 13.0. The molecule has 2 aromatic carbocycles. The third-order valence-electron chi connectivity index (χ3n) is 5.00. The second kappa shape index (κ2) is 8.78. The van der Waals surface area contributed by atoms with Crippen LogP contribution in [-0.4, -0.2) is 26.6 Å². The highest BCUT2D eigenvalue weighted by molar-refractivity contribution is 7.92. The summed E-state index contributed by atoms with van der Waals surface area (Å²) in [4.78, 5) is 13.0. The predicted molar refractivity (Wildman–Crippen MR) is 115 cm³/mol. The van der Waals surface area contributed by atoms with Gasteiger partial charge in [-0.05, 0) is 68.5 Å². The molecule has 0 bridgehead atoms. The lowest BCUT2D eigenvalue weighted by Gasteiger charge is -2.30. The van der Waals surface area contributed by atoms with Crippen molar-refractivity contribution in [2.45, 2.75) is 53.1 Å². The van der Waals surface area contributed by atoms with Crippen LogP contribution in [0.3, 0.4) is 0 Å². The summed E-state index contributed by atoms with van der Waals surface area (Å²) in [6.07, 6.45) is 1.84. The maximum Gasteiger partial charge on any atom is 0.244 e. The van der Waals surface area contributed by atoms with Crippen molar-refractivity contribution < 1.29 is 13.2 Å². The first-order valence-corrected chi connectivity index (χ1v) is 11.3. The van der Waals surface area contributed by atoms with Gasteiger partial charge in [-0.25, -0.2) is 8.42 Å². The topological polar surface area (TPSA) is 66.5 Å². The maximum atomic E-state index is 13.0. The molecule has 0 aromatic heterocycles. The molecule has 0 fully saturated rings. The first-order valence-electron chi connectivity index (χ1n) is 9.48. The Morgan fingerprint density at radius 3 is 2.29 bits per heavy atom. The van der Waals surface area contributed by atoms with Gasteiger partial charge in [-0.15, -0.1) is 0 Å². The molecule has 2 atom stereocenters. The summed E-state index contributed by atoms with van der Waals surface area (Å²) in [5.74, 6) is -0.322. The summed E-state index contributed by atoms with van der Waals surface area (Å²) in [6, 6.07) is 12.2. The van der Waals surface area contributed by atoms with Crippen molar-refractivity contribution in [1.82, 2.24) is 5.32 Å². The summed E-state index contributed by atoms with van der Waals surface area (Å²) >= 11 is 0. The third-order valence-corrected chi connectivity index (χ3v) is 6.24. The number of nitrogens with zero attached hydrogens (tertiary/aromatic N) is 1. The van der Waals surface area contributed by atoms with Gasteiger partial charge >= 0.3 is 0 Å². The van der Waals surface area contributed by atoms with Crippen molar-refractivity contribution >= 4 is 21.6 Å². The minimum Gasteiger partial charge on any atom is -0.347 e. The van der Waals surface area contributed by atoms with E-state index in [1.54, 1.807) is 25.1 Å². The number of rotatable bonds is 7. The number of carbonyl (C=O) groups excluding carboxylic acids is 1. The van der Waals surface area contributed by atoms with Crippen molar-refractivity contribution in [2.75, 3.05) is 10.6 Å². The van der Waals surface area contributed by atoms with Crippen LogP contribution in [-0.2, 0) is 14.8 Å². The van der Waals surface area contributed by atoms with Crippen LogP contribution in [0.4, 0.5) is 5.69 Å². The van der Waals surface area contributed by atoms with Gasteiger partial charge in [0.05, 0.1) is 18.0 Å². The maximum absolute atomic E-state index is 13.0. The zero-order chi connectivity index (χ0) is 21.1. The predicted octanol–water partition coefficient (Wildman–Crippen LogP) is 4.03. The first kappa shape index (κ1) is 22.0. The molecular formula is C22H30N2O3S. The van der Waals surface area contributed by atoms with Crippen LogP contribution in [0.1, 0.15) is 48.6 Å². The highest BCUT2D eigenvalue weighted by Gasteiger charge is 2.30. The van der Waals surface area contributed by atoms with Crippen LogP contribution < -0.4 is 9.62 Å². The number of sulfonamides is 1. The minimum absolute atomic E-state index is 0.173. The summed E-state index contributed by atoms with van der Waals surface area (Å²) < 4.78 is 26.1. The molecule has 0 spiro atoms. The molecule has 0 saturated carbocycles. The number of aryl methyl sites for hydroxylation is 3. The third kappa shape index (κ3) is 5.13. The van der Waals surface area contributed by atoms with Gasteiger partial charge in [-0.2, -0.15) is 0 Å². The van der Waals surface area contributed by atoms with E-state index in [9.17, 15) is 13.2 Å². The summed E-state index contributed by atoms with van der Waals surface area (Å²) in [5, 5.41) is 3.02. The average Bonchev–Trinajstić information content (AvgIpc) is 2.60. The molecule has 0 aliphatic carbocycles. The van der Waals surface area contributed by atoms with Crippen molar-refractivity contribution in [3.63, 3.8) is 0 Å². The molecule has 152 valence electrons. The fourth-order valence-electron chi connectivity index (χ4n) is 3.27. The number of hydrogen-bond donors (Lipinski definition) is 1. The van der Waals surface area contributed by atoms with Gasteiger partial charge in [0.2, 0.25) is 15.9 Å². The number of amides is 1. The Morgan fingerprint density at radius 1 is 1.07 bits per heavy atom. The molecule has 28 heavy (non-hydrogen) atoms. The lowest BCUT2D eigenvalue weighted by Crippen LogP contribution is -2.48.